The maximum absolute atomic E-state index is 12.3. The van der Waals surface area contributed by atoms with E-state index >= 15 is 0 Å². The highest BCUT2D eigenvalue weighted by Crippen LogP contribution is 2.14. The zero-order valence-corrected chi connectivity index (χ0v) is 15.2. The summed E-state index contributed by atoms with van der Waals surface area (Å²) in [5.41, 5.74) is 8.76. The largest absolute Gasteiger partial charge is 0.399 e. The topological polar surface area (TPSA) is 58.4 Å². The van der Waals surface area contributed by atoms with Gasteiger partial charge < -0.3 is 11.1 Å². The highest BCUT2D eigenvalue weighted by molar-refractivity contribution is 5.85. The number of anilines is 1. The molecular weight excluding hydrogens is 334 g/mol. The van der Waals surface area contributed by atoms with Crippen LogP contribution in [0.2, 0.25) is 0 Å². The molecule has 0 radical (unpaired) electrons. The van der Waals surface area contributed by atoms with Crippen LogP contribution < -0.4 is 11.1 Å². The van der Waals surface area contributed by atoms with E-state index in [1.54, 1.807) is 0 Å². The van der Waals surface area contributed by atoms with Crippen molar-refractivity contribution in [1.29, 1.82) is 0 Å². The van der Waals surface area contributed by atoms with Crippen LogP contribution in [-0.2, 0) is 17.8 Å². The number of piperidine rings is 1. The zero-order valence-electron chi connectivity index (χ0n) is 14.4. The van der Waals surface area contributed by atoms with Crippen molar-refractivity contribution >= 4 is 24.0 Å². The predicted molar refractivity (Wildman–Crippen MR) is 105 cm³/mol. The van der Waals surface area contributed by atoms with Crippen molar-refractivity contribution in [3.63, 3.8) is 0 Å². The molecule has 0 bridgehead atoms. The lowest BCUT2D eigenvalue weighted by atomic mass is 10.0. The Bertz CT molecular complexity index is 678. The number of nitrogens with two attached hydrogens (primary N) is 1. The van der Waals surface area contributed by atoms with Crippen molar-refractivity contribution in [3.8, 4) is 0 Å². The van der Waals surface area contributed by atoms with Gasteiger partial charge in [0.2, 0.25) is 5.91 Å². The lowest BCUT2D eigenvalue weighted by Gasteiger charge is -2.33. The second kappa shape index (κ2) is 9.44. The van der Waals surface area contributed by atoms with Gasteiger partial charge in [-0.2, -0.15) is 0 Å². The smallest absolute Gasteiger partial charge is 0.224 e. The van der Waals surface area contributed by atoms with E-state index in [0.717, 1.165) is 38.0 Å². The van der Waals surface area contributed by atoms with E-state index in [0.29, 0.717) is 12.1 Å². The molecule has 4 nitrogen and oxygen atoms in total. The Morgan fingerprint density at radius 1 is 1.12 bits per heavy atom. The Kier molecular flexibility index (Phi) is 7.29. The van der Waals surface area contributed by atoms with Crippen LogP contribution in [0.25, 0.3) is 0 Å². The van der Waals surface area contributed by atoms with Gasteiger partial charge in [-0.3, -0.25) is 9.69 Å². The number of amides is 1. The maximum atomic E-state index is 12.3. The molecule has 134 valence electrons. The molecule has 0 aromatic heterocycles. The van der Waals surface area contributed by atoms with E-state index in [4.69, 9.17) is 5.73 Å². The Hall–Kier alpha value is -2.04. The number of nitrogens with zero attached hydrogens (tertiary/aromatic N) is 1. The monoisotopic (exact) mass is 359 g/mol. The summed E-state index contributed by atoms with van der Waals surface area (Å²) in [5.74, 6) is 0.0761. The summed E-state index contributed by atoms with van der Waals surface area (Å²) in [7, 11) is 0. The van der Waals surface area contributed by atoms with Crippen LogP contribution in [0.5, 0.6) is 0 Å². The molecular formula is C20H26ClN3O. The SMILES string of the molecule is Cl.Nc1cccc(CC(=O)NC2CCCN(Cc3ccccc3)C2)c1. The molecule has 1 unspecified atom stereocenters. The van der Waals surface area contributed by atoms with Crippen LogP contribution in [0.3, 0.4) is 0 Å². The van der Waals surface area contributed by atoms with Gasteiger partial charge in [0.25, 0.3) is 0 Å². The van der Waals surface area contributed by atoms with E-state index in [-0.39, 0.29) is 24.4 Å². The van der Waals surface area contributed by atoms with Crippen molar-refractivity contribution in [2.45, 2.75) is 31.8 Å². The summed E-state index contributed by atoms with van der Waals surface area (Å²) in [4.78, 5) is 14.7. The predicted octanol–water partition coefficient (Wildman–Crippen LogP) is 3.01. The maximum Gasteiger partial charge on any atom is 0.224 e. The summed E-state index contributed by atoms with van der Waals surface area (Å²) in [6.45, 7) is 2.95. The minimum Gasteiger partial charge on any atom is -0.399 e. The molecule has 1 atom stereocenters. The molecule has 1 heterocycles. The third-order valence-electron chi connectivity index (χ3n) is 4.44. The fraction of sp³-hybridized carbons (Fsp3) is 0.350. The molecule has 1 aliphatic rings. The van der Waals surface area contributed by atoms with Gasteiger partial charge >= 0.3 is 0 Å². The van der Waals surface area contributed by atoms with Gasteiger partial charge in [-0.15, -0.1) is 12.4 Å². The average Bonchev–Trinajstić information content (AvgIpc) is 2.56. The lowest BCUT2D eigenvalue weighted by molar-refractivity contribution is -0.121. The molecule has 1 aliphatic heterocycles. The molecule has 2 aromatic carbocycles. The van der Waals surface area contributed by atoms with Gasteiger partial charge in [-0.25, -0.2) is 0 Å². The van der Waals surface area contributed by atoms with Crippen molar-refractivity contribution < 1.29 is 4.79 Å². The van der Waals surface area contributed by atoms with Crippen LogP contribution in [-0.4, -0.2) is 29.9 Å². The van der Waals surface area contributed by atoms with Crippen LogP contribution in [0.15, 0.2) is 54.6 Å². The highest BCUT2D eigenvalue weighted by atomic mass is 35.5. The molecule has 3 rings (SSSR count). The standard InChI is InChI=1S/C20H25N3O.ClH/c21-18-9-4-8-17(12-18)13-20(24)22-19-10-5-11-23(15-19)14-16-6-2-1-3-7-16;/h1-4,6-9,12,19H,5,10-11,13-15,21H2,(H,22,24);1H. The minimum absolute atomic E-state index is 0. The first-order valence-electron chi connectivity index (χ1n) is 8.59. The second-order valence-electron chi connectivity index (χ2n) is 6.55. The van der Waals surface area contributed by atoms with Crippen molar-refractivity contribution in [2.24, 2.45) is 0 Å². The van der Waals surface area contributed by atoms with Gasteiger partial charge in [-0.05, 0) is 42.6 Å². The summed E-state index contributed by atoms with van der Waals surface area (Å²) in [6, 6.07) is 18.3. The number of nitrogens with one attached hydrogen (secondary N) is 1. The molecule has 1 fully saturated rings. The van der Waals surface area contributed by atoms with E-state index < -0.39 is 0 Å². The van der Waals surface area contributed by atoms with Crippen molar-refractivity contribution in [2.75, 3.05) is 18.8 Å². The number of benzene rings is 2. The van der Waals surface area contributed by atoms with E-state index in [1.807, 2.05) is 30.3 Å². The molecule has 0 spiro atoms. The quantitative estimate of drug-likeness (QED) is 0.807. The van der Waals surface area contributed by atoms with Crippen LogP contribution >= 0.6 is 12.4 Å². The molecule has 1 amide bonds. The fourth-order valence-corrected chi connectivity index (χ4v) is 3.33. The number of likely N-dealkylation sites (tertiary alicyclic amines) is 1. The number of rotatable bonds is 5. The number of hydrogen-bond acceptors (Lipinski definition) is 3. The number of carbonyl (C=O) groups is 1. The third-order valence-corrected chi connectivity index (χ3v) is 4.44. The summed E-state index contributed by atoms with van der Waals surface area (Å²) in [6.07, 6.45) is 2.56. The summed E-state index contributed by atoms with van der Waals surface area (Å²) < 4.78 is 0. The molecule has 25 heavy (non-hydrogen) atoms. The molecule has 0 aliphatic carbocycles. The fourth-order valence-electron chi connectivity index (χ4n) is 3.33. The van der Waals surface area contributed by atoms with Crippen LogP contribution in [0, 0.1) is 0 Å². The van der Waals surface area contributed by atoms with Gasteiger partial charge in [0, 0.05) is 24.8 Å². The van der Waals surface area contributed by atoms with E-state index in [9.17, 15) is 4.79 Å². The van der Waals surface area contributed by atoms with E-state index in [2.05, 4.69) is 34.5 Å². The Morgan fingerprint density at radius 3 is 2.64 bits per heavy atom. The van der Waals surface area contributed by atoms with Crippen molar-refractivity contribution in [1.82, 2.24) is 10.2 Å². The number of halogens is 1. The first kappa shape index (κ1) is 19.3. The molecule has 3 N–H and O–H groups in total. The van der Waals surface area contributed by atoms with Gasteiger partial charge in [0.05, 0.1) is 6.42 Å². The number of hydrogen-bond donors (Lipinski definition) is 2. The lowest BCUT2D eigenvalue weighted by Crippen LogP contribution is -2.47. The molecule has 0 saturated carbocycles. The molecule has 5 heteroatoms. The molecule has 1 saturated heterocycles. The first-order chi connectivity index (χ1) is 11.7. The highest BCUT2D eigenvalue weighted by Gasteiger charge is 2.21. The normalized spacial score (nSPS) is 17.5. The molecule has 2 aromatic rings. The van der Waals surface area contributed by atoms with Crippen molar-refractivity contribution in [3.05, 3.63) is 65.7 Å². The Labute approximate surface area is 155 Å². The average molecular weight is 360 g/mol. The van der Waals surface area contributed by atoms with Gasteiger partial charge in [-0.1, -0.05) is 42.5 Å². The summed E-state index contributed by atoms with van der Waals surface area (Å²) in [5, 5.41) is 3.18. The number of nitrogen functional groups attached to an aromatic ring is 1. The first-order valence-corrected chi connectivity index (χ1v) is 8.59. The summed E-state index contributed by atoms with van der Waals surface area (Å²) >= 11 is 0. The Balaban J connectivity index is 0.00000225. The third kappa shape index (κ3) is 6.07. The number of carbonyl (C=O) groups excluding carboxylic acids is 1. The van der Waals surface area contributed by atoms with Gasteiger partial charge in [0.15, 0.2) is 0 Å². The second-order valence-corrected chi connectivity index (χ2v) is 6.55. The van der Waals surface area contributed by atoms with Gasteiger partial charge in [0.1, 0.15) is 0 Å². The van der Waals surface area contributed by atoms with E-state index in [1.165, 1.54) is 5.56 Å². The van der Waals surface area contributed by atoms with Crippen LogP contribution in [0.1, 0.15) is 24.0 Å². The van der Waals surface area contributed by atoms with Crippen LogP contribution in [0.4, 0.5) is 5.69 Å². The minimum atomic E-state index is 0. The Morgan fingerprint density at radius 2 is 1.88 bits per heavy atom. The zero-order chi connectivity index (χ0) is 16.8.